The Morgan fingerprint density at radius 3 is 2.64 bits per heavy atom. The molecule has 14 heavy (non-hydrogen) atoms. The molecule has 80 valence electrons. The highest BCUT2D eigenvalue weighted by Gasteiger charge is 2.20. The number of rotatable bonds is 4. The van der Waals surface area contributed by atoms with E-state index in [2.05, 4.69) is 32.1 Å². The third-order valence-electron chi connectivity index (χ3n) is 2.32. The number of nitrogens with zero attached hydrogens (tertiary/aromatic N) is 2. The van der Waals surface area contributed by atoms with E-state index in [9.17, 15) is 0 Å². The van der Waals surface area contributed by atoms with Crippen molar-refractivity contribution >= 4 is 0 Å². The quantitative estimate of drug-likeness (QED) is 0.795. The molecule has 0 aliphatic carbocycles. The van der Waals surface area contributed by atoms with Crippen LogP contribution >= 0.6 is 0 Å². The Kier molecular flexibility index (Phi) is 3.32. The van der Waals surface area contributed by atoms with Crippen molar-refractivity contribution in [2.75, 3.05) is 0 Å². The molecule has 0 spiro atoms. The van der Waals surface area contributed by atoms with Crippen LogP contribution in [0.25, 0.3) is 0 Å². The molecular formula is C11H21N3. The zero-order chi connectivity index (χ0) is 10.8. The summed E-state index contributed by atoms with van der Waals surface area (Å²) in [5.41, 5.74) is 7.37. The Labute approximate surface area is 86.3 Å². The van der Waals surface area contributed by atoms with Gasteiger partial charge in [0.15, 0.2) is 0 Å². The normalized spacial score (nSPS) is 14.4. The Balaban J connectivity index is 2.58. The number of aryl methyl sites for hydroxylation is 1. The van der Waals surface area contributed by atoms with E-state index in [0.717, 1.165) is 12.8 Å². The van der Waals surface area contributed by atoms with Crippen LogP contribution in [0.15, 0.2) is 12.4 Å². The summed E-state index contributed by atoms with van der Waals surface area (Å²) in [6.45, 7) is 6.57. The van der Waals surface area contributed by atoms with Gasteiger partial charge in [0, 0.05) is 19.3 Å². The zero-order valence-corrected chi connectivity index (χ0v) is 9.62. The average Bonchev–Trinajstić information content (AvgIpc) is 2.30. The maximum Gasteiger partial charge on any atom is 0.0521 e. The molecule has 0 aromatic carbocycles. The molecule has 1 rings (SSSR count). The molecule has 1 aromatic rings. The van der Waals surface area contributed by atoms with Gasteiger partial charge in [-0.1, -0.05) is 13.8 Å². The first-order valence-electron chi connectivity index (χ1n) is 5.12. The Morgan fingerprint density at radius 1 is 1.57 bits per heavy atom. The molecule has 0 radical (unpaired) electrons. The molecule has 3 heteroatoms. The molecule has 0 aliphatic heterocycles. The van der Waals surface area contributed by atoms with E-state index in [-0.39, 0.29) is 11.5 Å². The van der Waals surface area contributed by atoms with Gasteiger partial charge in [-0.15, -0.1) is 0 Å². The largest absolute Gasteiger partial charge is 0.328 e. The fraction of sp³-hybridized carbons (Fsp3) is 0.727. The lowest BCUT2D eigenvalue weighted by molar-refractivity contribution is 0.309. The molecule has 0 saturated heterocycles. The van der Waals surface area contributed by atoms with Gasteiger partial charge in [0.05, 0.1) is 6.20 Å². The first-order chi connectivity index (χ1) is 6.39. The zero-order valence-electron chi connectivity index (χ0n) is 9.62. The van der Waals surface area contributed by atoms with E-state index in [1.54, 1.807) is 0 Å². The van der Waals surface area contributed by atoms with Crippen LogP contribution in [0.3, 0.4) is 0 Å². The van der Waals surface area contributed by atoms with E-state index in [4.69, 9.17) is 5.73 Å². The van der Waals surface area contributed by atoms with Gasteiger partial charge in [-0.3, -0.25) is 4.68 Å². The van der Waals surface area contributed by atoms with Crippen LogP contribution in [0.2, 0.25) is 0 Å². The highest BCUT2D eigenvalue weighted by molar-refractivity contribution is 5.06. The standard InChI is InChI=1S/C11H21N3/c1-9(12)5-11(2,3)6-10-7-13-14(4)8-10/h7-9H,5-6,12H2,1-4H3. The second kappa shape index (κ2) is 4.13. The minimum Gasteiger partial charge on any atom is -0.328 e. The molecule has 0 bridgehead atoms. The van der Waals surface area contributed by atoms with Gasteiger partial charge in [-0.2, -0.15) is 5.10 Å². The summed E-state index contributed by atoms with van der Waals surface area (Å²) in [4.78, 5) is 0. The van der Waals surface area contributed by atoms with Gasteiger partial charge in [0.2, 0.25) is 0 Å². The summed E-state index contributed by atoms with van der Waals surface area (Å²) in [7, 11) is 1.95. The average molecular weight is 195 g/mol. The summed E-state index contributed by atoms with van der Waals surface area (Å²) < 4.78 is 1.84. The van der Waals surface area contributed by atoms with Gasteiger partial charge in [0.1, 0.15) is 0 Å². The summed E-state index contributed by atoms with van der Waals surface area (Å²) in [5.74, 6) is 0. The van der Waals surface area contributed by atoms with Crippen molar-refractivity contribution in [1.29, 1.82) is 0 Å². The fourth-order valence-electron chi connectivity index (χ4n) is 2.06. The molecule has 2 N–H and O–H groups in total. The molecule has 1 heterocycles. The minimum atomic E-state index is 0.261. The van der Waals surface area contributed by atoms with Crippen LogP contribution < -0.4 is 5.73 Å². The molecular weight excluding hydrogens is 174 g/mol. The Hall–Kier alpha value is -0.830. The van der Waals surface area contributed by atoms with Crippen LogP contribution in [-0.4, -0.2) is 15.8 Å². The molecule has 1 unspecified atom stereocenters. The Bertz CT molecular complexity index is 286. The predicted octanol–water partition coefficient (Wildman–Crippen LogP) is 1.73. The second-order valence-electron chi connectivity index (χ2n) is 5.04. The van der Waals surface area contributed by atoms with Crippen molar-refractivity contribution in [2.45, 2.75) is 39.7 Å². The topological polar surface area (TPSA) is 43.8 Å². The van der Waals surface area contributed by atoms with E-state index < -0.39 is 0 Å². The van der Waals surface area contributed by atoms with Crippen LogP contribution in [-0.2, 0) is 13.5 Å². The molecule has 0 fully saturated rings. The van der Waals surface area contributed by atoms with Crippen molar-refractivity contribution in [2.24, 2.45) is 18.2 Å². The van der Waals surface area contributed by atoms with Gasteiger partial charge < -0.3 is 5.73 Å². The van der Waals surface area contributed by atoms with Crippen LogP contribution in [0, 0.1) is 5.41 Å². The number of hydrogen-bond donors (Lipinski definition) is 1. The third kappa shape index (κ3) is 3.50. The number of nitrogens with two attached hydrogens (primary N) is 1. The number of hydrogen-bond acceptors (Lipinski definition) is 2. The summed E-state index contributed by atoms with van der Waals surface area (Å²) in [6.07, 6.45) is 6.09. The minimum absolute atomic E-state index is 0.261. The fourth-order valence-corrected chi connectivity index (χ4v) is 2.06. The van der Waals surface area contributed by atoms with Gasteiger partial charge >= 0.3 is 0 Å². The third-order valence-corrected chi connectivity index (χ3v) is 2.32. The van der Waals surface area contributed by atoms with Crippen molar-refractivity contribution in [3.8, 4) is 0 Å². The van der Waals surface area contributed by atoms with Gasteiger partial charge in [0.25, 0.3) is 0 Å². The van der Waals surface area contributed by atoms with E-state index >= 15 is 0 Å². The highest BCUT2D eigenvalue weighted by atomic mass is 15.2. The van der Waals surface area contributed by atoms with Gasteiger partial charge in [-0.05, 0) is 30.7 Å². The van der Waals surface area contributed by atoms with E-state index in [1.807, 2.05) is 17.9 Å². The summed E-state index contributed by atoms with van der Waals surface area (Å²) in [5, 5.41) is 4.17. The smallest absolute Gasteiger partial charge is 0.0521 e. The summed E-state index contributed by atoms with van der Waals surface area (Å²) >= 11 is 0. The lowest BCUT2D eigenvalue weighted by atomic mass is 9.81. The SMILES string of the molecule is CC(N)CC(C)(C)Cc1cnn(C)c1. The van der Waals surface area contributed by atoms with E-state index in [0.29, 0.717) is 0 Å². The van der Waals surface area contributed by atoms with Crippen LogP contribution in [0.1, 0.15) is 32.8 Å². The first-order valence-corrected chi connectivity index (χ1v) is 5.12. The lowest BCUT2D eigenvalue weighted by Gasteiger charge is -2.25. The summed E-state index contributed by atoms with van der Waals surface area (Å²) in [6, 6.07) is 0.265. The van der Waals surface area contributed by atoms with E-state index in [1.165, 1.54) is 5.56 Å². The van der Waals surface area contributed by atoms with Gasteiger partial charge in [-0.25, -0.2) is 0 Å². The maximum absolute atomic E-state index is 5.82. The highest BCUT2D eigenvalue weighted by Crippen LogP contribution is 2.26. The van der Waals surface area contributed by atoms with Crippen molar-refractivity contribution in [1.82, 2.24) is 9.78 Å². The monoisotopic (exact) mass is 195 g/mol. The molecule has 1 atom stereocenters. The van der Waals surface area contributed by atoms with Crippen molar-refractivity contribution in [3.63, 3.8) is 0 Å². The lowest BCUT2D eigenvalue weighted by Crippen LogP contribution is -2.26. The molecule has 0 aliphatic rings. The second-order valence-corrected chi connectivity index (χ2v) is 5.04. The Morgan fingerprint density at radius 2 is 2.21 bits per heavy atom. The molecule has 3 nitrogen and oxygen atoms in total. The number of aromatic nitrogens is 2. The van der Waals surface area contributed by atoms with Crippen LogP contribution in [0.4, 0.5) is 0 Å². The molecule has 1 aromatic heterocycles. The van der Waals surface area contributed by atoms with Crippen molar-refractivity contribution in [3.05, 3.63) is 18.0 Å². The molecule has 0 amide bonds. The maximum atomic E-state index is 5.82. The predicted molar refractivity (Wildman–Crippen MR) is 59.0 cm³/mol. The van der Waals surface area contributed by atoms with Crippen molar-refractivity contribution < 1.29 is 0 Å². The van der Waals surface area contributed by atoms with Crippen LogP contribution in [0.5, 0.6) is 0 Å². The molecule has 0 saturated carbocycles. The first kappa shape index (κ1) is 11.2.